The number of ether oxygens (including phenoxy) is 1. The first-order chi connectivity index (χ1) is 14.2. The molecule has 0 spiro atoms. The zero-order chi connectivity index (χ0) is 21.9. The number of esters is 1. The smallest absolute Gasteiger partial charge is 0.418 e. The van der Waals surface area contributed by atoms with E-state index in [1.807, 2.05) is 0 Å². The van der Waals surface area contributed by atoms with Crippen molar-refractivity contribution in [1.82, 2.24) is 9.78 Å². The standard InChI is InChI=1S/C20H15ClF3N3O3/c1-12-17(18(21)27(26-12)13-7-3-2-4-8-13)19(29)30-11-16(28)25-15-10-6-5-9-14(15)20(22,23)24/h2-10H,11H2,1H3,(H,25,28). The number of hydrogen-bond acceptors (Lipinski definition) is 4. The van der Waals surface area contributed by atoms with Gasteiger partial charge in [0.1, 0.15) is 10.7 Å². The van der Waals surface area contributed by atoms with Crippen LogP contribution in [-0.4, -0.2) is 28.3 Å². The molecule has 6 nitrogen and oxygen atoms in total. The van der Waals surface area contributed by atoms with Crippen LogP contribution in [0.4, 0.5) is 18.9 Å². The fraction of sp³-hybridized carbons (Fsp3) is 0.150. The van der Waals surface area contributed by atoms with E-state index >= 15 is 0 Å². The molecule has 3 aromatic rings. The van der Waals surface area contributed by atoms with E-state index < -0.39 is 35.9 Å². The normalized spacial score (nSPS) is 11.2. The van der Waals surface area contributed by atoms with Gasteiger partial charge in [-0.3, -0.25) is 4.79 Å². The Kier molecular flexibility index (Phi) is 6.12. The lowest BCUT2D eigenvalue weighted by Gasteiger charge is -2.13. The predicted octanol–water partition coefficient (Wildman–Crippen LogP) is 4.65. The molecule has 3 rings (SSSR count). The molecule has 0 radical (unpaired) electrons. The van der Waals surface area contributed by atoms with Gasteiger partial charge in [0.25, 0.3) is 5.91 Å². The van der Waals surface area contributed by atoms with Crippen molar-refractivity contribution < 1.29 is 27.5 Å². The van der Waals surface area contributed by atoms with Crippen LogP contribution in [0.3, 0.4) is 0 Å². The Balaban J connectivity index is 1.70. The molecule has 0 bridgehead atoms. The first kappa shape index (κ1) is 21.4. The molecule has 0 aliphatic carbocycles. The first-order valence-corrected chi connectivity index (χ1v) is 9.00. The first-order valence-electron chi connectivity index (χ1n) is 8.62. The number of amides is 1. The lowest BCUT2D eigenvalue weighted by molar-refractivity contribution is -0.137. The van der Waals surface area contributed by atoms with Crippen molar-refractivity contribution in [2.24, 2.45) is 0 Å². The lowest BCUT2D eigenvalue weighted by atomic mass is 10.1. The zero-order valence-corrected chi connectivity index (χ0v) is 16.3. The Morgan fingerprint density at radius 3 is 2.40 bits per heavy atom. The van der Waals surface area contributed by atoms with Gasteiger partial charge < -0.3 is 10.1 Å². The van der Waals surface area contributed by atoms with Gasteiger partial charge >= 0.3 is 12.1 Å². The highest BCUT2D eigenvalue weighted by Gasteiger charge is 2.33. The molecule has 156 valence electrons. The quantitative estimate of drug-likeness (QED) is 0.590. The van der Waals surface area contributed by atoms with E-state index in [4.69, 9.17) is 16.3 Å². The van der Waals surface area contributed by atoms with Crippen molar-refractivity contribution >= 4 is 29.2 Å². The molecular formula is C20H15ClF3N3O3. The van der Waals surface area contributed by atoms with Crippen molar-refractivity contribution in [3.05, 3.63) is 76.6 Å². The third-order valence-electron chi connectivity index (χ3n) is 4.05. The Labute approximate surface area is 174 Å². The Bertz CT molecular complexity index is 1080. The second kappa shape index (κ2) is 8.58. The van der Waals surface area contributed by atoms with Gasteiger partial charge in [0.05, 0.1) is 22.6 Å². The van der Waals surface area contributed by atoms with Crippen LogP contribution < -0.4 is 5.32 Å². The number of hydrogen-bond donors (Lipinski definition) is 1. The Hall–Kier alpha value is -3.33. The van der Waals surface area contributed by atoms with Crippen LogP contribution in [0, 0.1) is 6.92 Å². The molecule has 30 heavy (non-hydrogen) atoms. The highest BCUT2D eigenvalue weighted by atomic mass is 35.5. The summed E-state index contributed by atoms with van der Waals surface area (Å²) < 4.78 is 45.3. The fourth-order valence-electron chi connectivity index (χ4n) is 2.70. The minimum atomic E-state index is -4.64. The molecular weight excluding hydrogens is 423 g/mol. The highest BCUT2D eigenvalue weighted by molar-refractivity contribution is 6.33. The average molecular weight is 438 g/mol. The summed E-state index contributed by atoms with van der Waals surface area (Å²) in [6, 6.07) is 13.3. The number of aromatic nitrogens is 2. The van der Waals surface area contributed by atoms with Gasteiger partial charge in [-0.05, 0) is 31.2 Å². The average Bonchev–Trinajstić information content (AvgIpc) is 3.00. The lowest BCUT2D eigenvalue weighted by Crippen LogP contribution is -2.23. The molecule has 1 amide bonds. The molecule has 1 heterocycles. The van der Waals surface area contributed by atoms with Gasteiger partial charge in [-0.15, -0.1) is 0 Å². The number of anilines is 1. The fourth-order valence-corrected chi connectivity index (χ4v) is 3.05. The molecule has 0 aliphatic rings. The number of alkyl halides is 3. The number of rotatable bonds is 5. The van der Waals surface area contributed by atoms with Gasteiger partial charge in [-0.2, -0.15) is 18.3 Å². The molecule has 1 aromatic heterocycles. The summed E-state index contributed by atoms with van der Waals surface area (Å²) in [6.07, 6.45) is -4.64. The van der Waals surface area contributed by atoms with Crippen LogP contribution in [-0.2, 0) is 15.7 Å². The number of aryl methyl sites for hydroxylation is 1. The topological polar surface area (TPSA) is 73.2 Å². The van der Waals surface area contributed by atoms with Crippen LogP contribution in [0.5, 0.6) is 0 Å². The molecule has 0 unspecified atom stereocenters. The van der Waals surface area contributed by atoms with Crippen molar-refractivity contribution in [2.75, 3.05) is 11.9 Å². The summed E-state index contributed by atoms with van der Waals surface area (Å²) in [7, 11) is 0. The molecule has 0 atom stereocenters. The zero-order valence-electron chi connectivity index (χ0n) is 15.5. The van der Waals surface area contributed by atoms with E-state index in [9.17, 15) is 22.8 Å². The molecule has 0 saturated carbocycles. The molecule has 10 heteroatoms. The molecule has 1 N–H and O–H groups in total. The largest absolute Gasteiger partial charge is 0.452 e. The Morgan fingerprint density at radius 2 is 1.73 bits per heavy atom. The number of para-hydroxylation sites is 2. The van der Waals surface area contributed by atoms with E-state index in [2.05, 4.69) is 10.4 Å². The number of carbonyl (C=O) groups excluding carboxylic acids is 2. The van der Waals surface area contributed by atoms with Gasteiger partial charge in [0.2, 0.25) is 0 Å². The highest BCUT2D eigenvalue weighted by Crippen LogP contribution is 2.34. The molecule has 0 fully saturated rings. The van der Waals surface area contributed by atoms with Crippen molar-refractivity contribution in [3.63, 3.8) is 0 Å². The van der Waals surface area contributed by atoms with Gasteiger partial charge in [-0.1, -0.05) is 41.9 Å². The van der Waals surface area contributed by atoms with Crippen LogP contribution in [0.25, 0.3) is 5.69 Å². The maximum atomic E-state index is 13.0. The second-order valence-electron chi connectivity index (χ2n) is 6.17. The third-order valence-corrected chi connectivity index (χ3v) is 4.40. The van der Waals surface area contributed by atoms with E-state index in [1.54, 1.807) is 37.3 Å². The molecule has 0 saturated heterocycles. The maximum absolute atomic E-state index is 13.0. The van der Waals surface area contributed by atoms with E-state index in [0.717, 1.165) is 12.1 Å². The summed E-state index contributed by atoms with van der Waals surface area (Å²) in [4.78, 5) is 24.4. The number of halogens is 4. The third kappa shape index (κ3) is 4.62. The maximum Gasteiger partial charge on any atom is 0.418 e. The van der Waals surface area contributed by atoms with E-state index in [-0.39, 0.29) is 16.4 Å². The van der Waals surface area contributed by atoms with Crippen LogP contribution in [0.2, 0.25) is 5.15 Å². The van der Waals surface area contributed by atoms with Gasteiger partial charge in [0.15, 0.2) is 6.61 Å². The van der Waals surface area contributed by atoms with Crippen molar-refractivity contribution in [1.29, 1.82) is 0 Å². The second-order valence-corrected chi connectivity index (χ2v) is 6.52. The SMILES string of the molecule is Cc1nn(-c2ccccc2)c(Cl)c1C(=O)OCC(=O)Nc1ccccc1C(F)(F)F. The van der Waals surface area contributed by atoms with Gasteiger partial charge in [0, 0.05) is 0 Å². The summed E-state index contributed by atoms with van der Waals surface area (Å²) in [5.41, 5.74) is -0.586. The van der Waals surface area contributed by atoms with Crippen molar-refractivity contribution in [3.8, 4) is 5.69 Å². The Morgan fingerprint density at radius 1 is 1.10 bits per heavy atom. The summed E-state index contributed by atoms with van der Waals surface area (Å²) in [5.74, 6) is -1.84. The van der Waals surface area contributed by atoms with Crippen LogP contribution >= 0.6 is 11.6 Å². The minimum Gasteiger partial charge on any atom is -0.452 e. The number of carbonyl (C=O) groups is 2. The van der Waals surface area contributed by atoms with E-state index in [0.29, 0.717) is 5.69 Å². The number of benzene rings is 2. The van der Waals surface area contributed by atoms with Crippen LogP contribution in [0.1, 0.15) is 21.6 Å². The van der Waals surface area contributed by atoms with E-state index in [1.165, 1.54) is 16.8 Å². The predicted molar refractivity (Wildman–Crippen MR) is 104 cm³/mol. The number of nitrogens with zero attached hydrogens (tertiary/aromatic N) is 2. The van der Waals surface area contributed by atoms with Gasteiger partial charge in [-0.25, -0.2) is 9.48 Å². The summed E-state index contributed by atoms with van der Waals surface area (Å²) in [6.45, 7) is 0.749. The summed E-state index contributed by atoms with van der Waals surface area (Å²) in [5, 5.41) is 6.28. The minimum absolute atomic E-state index is 0.00785. The monoisotopic (exact) mass is 437 g/mol. The number of nitrogens with one attached hydrogen (secondary N) is 1. The summed E-state index contributed by atoms with van der Waals surface area (Å²) >= 11 is 6.25. The molecule has 0 aliphatic heterocycles. The van der Waals surface area contributed by atoms with Crippen LogP contribution in [0.15, 0.2) is 54.6 Å². The molecule has 2 aromatic carbocycles. The van der Waals surface area contributed by atoms with Crippen molar-refractivity contribution in [2.45, 2.75) is 13.1 Å².